The number of anilines is 4. The molecule has 0 saturated heterocycles. The lowest BCUT2D eigenvalue weighted by molar-refractivity contribution is 0.618. The molecule has 0 spiro atoms. The fourth-order valence-corrected chi connectivity index (χ4v) is 8.96. The highest BCUT2D eigenvalue weighted by Gasteiger charge is 2.56. The third-order valence-corrected chi connectivity index (χ3v) is 10.6. The van der Waals surface area contributed by atoms with E-state index in [0.29, 0.717) is 12.6 Å². The molecule has 2 nitrogen and oxygen atoms in total. The molecule has 5 aliphatic rings. The Morgan fingerprint density at radius 1 is 0.528 bits per heavy atom. The van der Waals surface area contributed by atoms with E-state index < -0.39 is 0 Å². The largest absolute Gasteiger partial charge is 0.344 e. The van der Waals surface area contributed by atoms with E-state index >= 15 is 0 Å². The molecule has 3 heteroatoms. The van der Waals surface area contributed by atoms with Gasteiger partial charge in [0, 0.05) is 59.2 Å². The summed E-state index contributed by atoms with van der Waals surface area (Å²) in [7, 11) is 4.53. The van der Waals surface area contributed by atoms with E-state index in [1.54, 1.807) is 27.5 Å². The summed E-state index contributed by atoms with van der Waals surface area (Å²) in [6.07, 6.45) is 0. The first-order valence-electron chi connectivity index (χ1n) is 13.3. The molecular formula is C33H29BN2. The van der Waals surface area contributed by atoms with Crippen LogP contribution in [0.4, 0.5) is 22.7 Å². The molecule has 0 N–H and O–H groups in total. The molecule has 5 aliphatic heterocycles. The van der Waals surface area contributed by atoms with Gasteiger partial charge in [-0.05, 0) is 57.6 Å². The van der Waals surface area contributed by atoms with Crippen molar-refractivity contribution in [1.29, 1.82) is 0 Å². The van der Waals surface area contributed by atoms with Crippen LogP contribution in [0.5, 0.6) is 0 Å². The van der Waals surface area contributed by atoms with Crippen LogP contribution in [0.2, 0.25) is 0 Å². The third-order valence-electron chi connectivity index (χ3n) is 10.6. The first kappa shape index (κ1) is 19.7. The summed E-state index contributed by atoms with van der Waals surface area (Å²) in [5.41, 5.74) is 20.9. The van der Waals surface area contributed by atoms with E-state index in [1.165, 1.54) is 50.6 Å². The van der Waals surface area contributed by atoms with Crippen molar-refractivity contribution < 1.29 is 0 Å². The second-order valence-electron chi connectivity index (χ2n) is 12.6. The van der Waals surface area contributed by atoms with Crippen LogP contribution in [0.15, 0.2) is 60.7 Å². The Kier molecular flexibility index (Phi) is 3.06. The summed E-state index contributed by atoms with van der Waals surface area (Å²) < 4.78 is 0. The molecule has 5 heterocycles. The maximum absolute atomic E-state index is 2.46. The predicted molar refractivity (Wildman–Crippen MR) is 152 cm³/mol. The summed E-state index contributed by atoms with van der Waals surface area (Å²) in [5.74, 6) is 0.299. The maximum atomic E-state index is 2.46. The Labute approximate surface area is 213 Å². The summed E-state index contributed by atoms with van der Waals surface area (Å²) >= 11 is 0. The molecule has 9 rings (SSSR count). The highest BCUT2D eigenvalue weighted by atomic mass is 15.2. The zero-order chi connectivity index (χ0) is 24.5. The quantitative estimate of drug-likeness (QED) is 0.293. The monoisotopic (exact) mass is 464 g/mol. The molecule has 0 bridgehead atoms. The van der Waals surface area contributed by atoms with Crippen LogP contribution in [-0.2, 0) is 10.8 Å². The van der Waals surface area contributed by atoms with Crippen LogP contribution < -0.4 is 26.2 Å². The van der Waals surface area contributed by atoms with Gasteiger partial charge in [-0.2, -0.15) is 0 Å². The molecule has 0 saturated carbocycles. The third kappa shape index (κ3) is 1.78. The fraction of sp³-hybridized carbons (Fsp3) is 0.273. The van der Waals surface area contributed by atoms with Crippen molar-refractivity contribution in [3.8, 4) is 0 Å². The molecule has 0 aromatic heterocycles. The van der Waals surface area contributed by atoms with Crippen molar-refractivity contribution in [3.63, 3.8) is 0 Å². The van der Waals surface area contributed by atoms with Crippen LogP contribution in [0, 0.1) is 0 Å². The molecule has 4 aromatic carbocycles. The van der Waals surface area contributed by atoms with Gasteiger partial charge in [-0.1, -0.05) is 80.5 Å². The molecular weight excluding hydrogens is 435 g/mol. The lowest BCUT2D eigenvalue weighted by Crippen LogP contribution is -2.70. The minimum atomic E-state index is -0.0290. The molecule has 0 radical (unpaired) electrons. The van der Waals surface area contributed by atoms with Crippen LogP contribution in [0.1, 0.15) is 72.6 Å². The van der Waals surface area contributed by atoms with E-state index in [0.717, 1.165) is 0 Å². The Morgan fingerprint density at radius 2 is 0.944 bits per heavy atom. The van der Waals surface area contributed by atoms with Crippen molar-refractivity contribution in [2.24, 2.45) is 0 Å². The summed E-state index contributed by atoms with van der Waals surface area (Å²) in [4.78, 5) is 4.92. The van der Waals surface area contributed by atoms with Gasteiger partial charge in [0.05, 0.1) is 0 Å². The number of hydrogen-bond acceptors (Lipinski definition) is 2. The van der Waals surface area contributed by atoms with Crippen molar-refractivity contribution in [3.05, 3.63) is 99.6 Å². The first-order valence-corrected chi connectivity index (χ1v) is 13.3. The van der Waals surface area contributed by atoms with Gasteiger partial charge in [0.1, 0.15) is 0 Å². The molecule has 0 unspecified atom stereocenters. The van der Waals surface area contributed by atoms with Crippen molar-refractivity contribution in [2.45, 2.75) is 44.4 Å². The van der Waals surface area contributed by atoms with E-state index in [9.17, 15) is 0 Å². The summed E-state index contributed by atoms with van der Waals surface area (Å²) in [5, 5.41) is 0. The molecule has 36 heavy (non-hydrogen) atoms. The van der Waals surface area contributed by atoms with E-state index in [-0.39, 0.29) is 10.8 Å². The highest BCUT2D eigenvalue weighted by Crippen LogP contribution is 2.59. The van der Waals surface area contributed by atoms with Crippen LogP contribution in [0.25, 0.3) is 0 Å². The SMILES string of the molecule is CN1c2cccc3c2C2c4c1ccc1c4B4c5c(cccc5C(C)(C)c5ccc(c2c54)N3C)C1(C)C. The zero-order valence-electron chi connectivity index (χ0n) is 21.8. The van der Waals surface area contributed by atoms with Crippen molar-refractivity contribution in [2.75, 3.05) is 23.9 Å². The van der Waals surface area contributed by atoms with Gasteiger partial charge in [-0.25, -0.2) is 0 Å². The minimum Gasteiger partial charge on any atom is -0.344 e. The van der Waals surface area contributed by atoms with Crippen LogP contribution >= 0.6 is 0 Å². The minimum absolute atomic E-state index is 0.0290. The van der Waals surface area contributed by atoms with Gasteiger partial charge in [0.25, 0.3) is 0 Å². The number of nitrogens with zero attached hydrogens (tertiary/aromatic N) is 2. The second kappa shape index (κ2) is 5.59. The van der Waals surface area contributed by atoms with Gasteiger partial charge in [0.2, 0.25) is 6.71 Å². The molecule has 4 aromatic rings. The average Bonchev–Trinajstić information content (AvgIpc) is 2.87. The van der Waals surface area contributed by atoms with Gasteiger partial charge in [-0.3, -0.25) is 0 Å². The Morgan fingerprint density at radius 3 is 1.44 bits per heavy atom. The summed E-state index contributed by atoms with van der Waals surface area (Å²) in [6, 6.07) is 23.8. The lowest BCUT2D eigenvalue weighted by atomic mass is 9.24. The fourth-order valence-electron chi connectivity index (χ4n) is 8.96. The van der Waals surface area contributed by atoms with Gasteiger partial charge in [0.15, 0.2) is 0 Å². The number of rotatable bonds is 0. The van der Waals surface area contributed by atoms with E-state index in [1.807, 2.05) is 0 Å². The summed E-state index contributed by atoms with van der Waals surface area (Å²) in [6.45, 7) is 10.1. The first-order chi connectivity index (χ1) is 17.2. The Balaban J connectivity index is 1.56. The standard InChI is InChI=1S/C33H29BN2/c1-32(2)17-9-7-10-18-29(17)34-30-19(32)13-15-23-26(30)28-25-21(35(23)5)11-8-12-22(25)36(6)24-16-14-20(33(18,3)4)31(34)27(24)28/h7-16,28H,1-6H3. The van der Waals surface area contributed by atoms with E-state index in [2.05, 4.69) is 112 Å². The lowest BCUT2D eigenvalue weighted by Gasteiger charge is -2.54. The zero-order valence-corrected chi connectivity index (χ0v) is 21.8. The van der Waals surface area contributed by atoms with Crippen molar-refractivity contribution >= 4 is 45.9 Å². The second-order valence-corrected chi connectivity index (χ2v) is 12.6. The Bertz CT molecular complexity index is 1630. The predicted octanol–water partition coefficient (Wildman–Crippen LogP) is 5.14. The highest BCUT2D eigenvalue weighted by molar-refractivity contribution is 6.98. The van der Waals surface area contributed by atoms with Crippen LogP contribution in [0.3, 0.4) is 0 Å². The number of benzene rings is 4. The van der Waals surface area contributed by atoms with Crippen LogP contribution in [-0.4, -0.2) is 20.8 Å². The topological polar surface area (TPSA) is 6.48 Å². The van der Waals surface area contributed by atoms with Gasteiger partial charge >= 0.3 is 0 Å². The van der Waals surface area contributed by atoms with Crippen molar-refractivity contribution in [1.82, 2.24) is 0 Å². The van der Waals surface area contributed by atoms with Gasteiger partial charge < -0.3 is 9.80 Å². The smallest absolute Gasteiger partial charge is 0.243 e. The maximum Gasteiger partial charge on any atom is 0.243 e. The van der Waals surface area contributed by atoms with E-state index in [4.69, 9.17) is 0 Å². The molecule has 0 aliphatic carbocycles. The molecule has 0 atom stereocenters. The molecule has 0 fully saturated rings. The van der Waals surface area contributed by atoms with Gasteiger partial charge in [-0.15, -0.1) is 0 Å². The normalized spacial score (nSPS) is 19.6. The molecule has 174 valence electrons. The average molecular weight is 464 g/mol. The molecule has 0 amide bonds. The Hall–Kier alpha value is -3.46. The number of hydrogen-bond donors (Lipinski definition) is 0.